The monoisotopic (exact) mass is 271 g/mol. The van der Waals surface area contributed by atoms with Gasteiger partial charge >= 0.3 is 0 Å². The van der Waals surface area contributed by atoms with E-state index in [0.29, 0.717) is 13.1 Å². The van der Waals surface area contributed by atoms with E-state index in [9.17, 15) is 4.79 Å². The zero-order chi connectivity index (χ0) is 14.1. The van der Waals surface area contributed by atoms with Gasteiger partial charge in [-0.25, -0.2) is 9.97 Å². The molecule has 6 heteroatoms. The quantitative estimate of drug-likeness (QED) is 0.815. The second kappa shape index (κ2) is 5.05. The minimum absolute atomic E-state index is 0.341. The van der Waals surface area contributed by atoms with Crippen LogP contribution in [0.5, 0.6) is 0 Å². The second-order valence-electron chi connectivity index (χ2n) is 4.94. The van der Waals surface area contributed by atoms with Crippen LogP contribution in [0.4, 0.5) is 5.82 Å². The van der Waals surface area contributed by atoms with Crippen molar-refractivity contribution in [1.82, 2.24) is 15.3 Å². The third kappa shape index (κ3) is 2.18. The molecule has 104 valence electrons. The molecule has 20 heavy (non-hydrogen) atoms. The van der Waals surface area contributed by atoms with Crippen LogP contribution in [-0.4, -0.2) is 41.6 Å². The van der Waals surface area contributed by atoms with Crippen molar-refractivity contribution in [3.05, 3.63) is 30.0 Å². The summed E-state index contributed by atoms with van der Waals surface area (Å²) in [6.45, 7) is 3.96. The second-order valence-corrected chi connectivity index (χ2v) is 4.94. The third-order valence-electron chi connectivity index (χ3n) is 3.56. The Morgan fingerprint density at radius 3 is 2.75 bits per heavy atom. The number of benzene rings is 1. The molecule has 0 radical (unpaired) electrons. The number of hydrogen-bond acceptors (Lipinski definition) is 5. The summed E-state index contributed by atoms with van der Waals surface area (Å²) in [7, 11) is 0. The Kier molecular flexibility index (Phi) is 3.23. The van der Waals surface area contributed by atoms with Crippen LogP contribution in [0.25, 0.3) is 11.0 Å². The number of rotatable bonds is 2. The number of anilines is 1. The normalized spacial score (nSPS) is 19.2. The zero-order valence-corrected chi connectivity index (χ0v) is 11.3. The van der Waals surface area contributed by atoms with Gasteiger partial charge < -0.3 is 16.0 Å². The van der Waals surface area contributed by atoms with Gasteiger partial charge in [0.1, 0.15) is 6.04 Å². The molecule has 0 saturated carbocycles. The Bertz CT molecular complexity index is 657. The number of carbonyl (C=O) groups is 1. The van der Waals surface area contributed by atoms with Crippen LogP contribution in [0.3, 0.4) is 0 Å². The highest BCUT2D eigenvalue weighted by Crippen LogP contribution is 2.22. The first kappa shape index (κ1) is 12.8. The number of fused-ring (bicyclic) bond motifs is 1. The average molecular weight is 271 g/mol. The number of aromatic nitrogens is 2. The van der Waals surface area contributed by atoms with Crippen molar-refractivity contribution in [3.63, 3.8) is 0 Å². The van der Waals surface area contributed by atoms with E-state index in [1.807, 2.05) is 36.1 Å². The summed E-state index contributed by atoms with van der Waals surface area (Å²) in [4.78, 5) is 22.8. The number of hydrogen-bond donors (Lipinski definition) is 2. The SMILES string of the molecule is Cc1nc2ccccc2nc1N1CCNCC1C(N)=O. The summed E-state index contributed by atoms with van der Waals surface area (Å²) >= 11 is 0. The molecule has 3 N–H and O–H groups in total. The highest BCUT2D eigenvalue weighted by atomic mass is 16.1. The number of primary amides is 1. The Morgan fingerprint density at radius 2 is 2.05 bits per heavy atom. The molecule has 0 bridgehead atoms. The van der Waals surface area contributed by atoms with Crippen molar-refractivity contribution < 1.29 is 4.79 Å². The van der Waals surface area contributed by atoms with E-state index in [1.54, 1.807) is 0 Å². The van der Waals surface area contributed by atoms with E-state index in [0.717, 1.165) is 29.1 Å². The molecule has 1 fully saturated rings. The maximum absolute atomic E-state index is 11.6. The molecule has 1 aliphatic heterocycles. The Balaban J connectivity index is 2.07. The molecule has 0 spiro atoms. The molecule has 1 saturated heterocycles. The fraction of sp³-hybridized carbons (Fsp3) is 0.357. The molecular formula is C14H17N5O. The number of nitrogens with one attached hydrogen (secondary N) is 1. The molecular weight excluding hydrogens is 254 g/mol. The van der Waals surface area contributed by atoms with Crippen LogP contribution >= 0.6 is 0 Å². The van der Waals surface area contributed by atoms with E-state index < -0.39 is 0 Å². The van der Waals surface area contributed by atoms with Gasteiger partial charge in [-0.3, -0.25) is 4.79 Å². The first-order valence-corrected chi connectivity index (χ1v) is 6.67. The summed E-state index contributed by atoms with van der Waals surface area (Å²) in [5, 5.41) is 3.18. The van der Waals surface area contributed by atoms with Gasteiger partial charge in [-0.05, 0) is 19.1 Å². The van der Waals surface area contributed by atoms with Gasteiger partial charge in [0.15, 0.2) is 5.82 Å². The standard InChI is InChI=1S/C14H17N5O/c1-9-14(18-11-5-3-2-4-10(11)17-9)19-7-6-16-8-12(19)13(15)20/h2-5,12,16H,6-8H2,1H3,(H2,15,20). The van der Waals surface area contributed by atoms with Crippen LogP contribution in [0.15, 0.2) is 24.3 Å². The minimum Gasteiger partial charge on any atom is -0.368 e. The van der Waals surface area contributed by atoms with Gasteiger partial charge in [-0.1, -0.05) is 12.1 Å². The highest BCUT2D eigenvalue weighted by molar-refractivity contribution is 5.85. The predicted molar refractivity (Wildman–Crippen MR) is 77.5 cm³/mol. The number of nitrogens with zero attached hydrogens (tertiary/aromatic N) is 3. The summed E-state index contributed by atoms with van der Waals surface area (Å²) in [6.07, 6.45) is 0. The third-order valence-corrected chi connectivity index (χ3v) is 3.56. The van der Waals surface area contributed by atoms with Crippen LogP contribution in [0.1, 0.15) is 5.69 Å². The molecule has 1 aromatic heterocycles. The molecule has 1 aliphatic rings. The molecule has 2 heterocycles. The van der Waals surface area contributed by atoms with Crippen molar-refractivity contribution in [2.75, 3.05) is 24.5 Å². The smallest absolute Gasteiger partial charge is 0.241 e. The number of piperazine rings is 1. The Labute approximate surface area is 117 Å². The highest BCUT2D eigenvalue weighted by Gasteiger charge is 2.29. The van der Waals surface area contributed by atoms with E-state index in [1.165, 1.54) is 0 Å². The largest absolute Gasteiger partial charge is 0.368 e. The van der Waals surface area contributed by atoms with Gasteiger partial charge in [0.2, 0.25) is 5.91 Å². The molecule has 1 amide bonds. The molecule has 2 aromatic rings. The molecule has 1 unspecified atom stereocenters. The minimum atomic E-state index is -0.377. The Morgan fingerprint density at radius 1 is 1.35 bits per heavy atom. The van der Waals surface area contributed by atoms with Crippen LogP contribution in [-0.2, 0) is 4.79 Å². The lowest BCUT2D eigenvalue weighted by molar-refractivity contribution is -0.119. The first-order valence-electron chi connectivity index (χ1n) is 6.67. The fourth-order valence-electron chi connectivity index (χ4n) is 2.56. The van der Waals surface area contributed by atoms with Gasteiger partial charge in [-0.15, -0.1) is 0 Å². The van der Waals surface area contributed by atoms with Gasteiger partial charge in [0.25, 0.3) is 0 Å². The summed E-state index contributed by atoms with van der Waals surface area (Å²) in [5.41, 5.74) is 7.99. The van der Waals surface area contributed by atoms with Gasteiger partial charge in [0.05, 0.1) is 16.7 Å². The summed E-state index contributed by atoms with van der Waals surface area (Å²) < 4.78 is 0. The number of amides is 1. The summed E-state index contributed by atoms with van der Waals surface area (Å²) in [6, 6.07) is 7.35. The fourth-order valence-corrected chi connectivity index (χ4v) is 2.56. The van der Waals surface area contributed by atoms with Crippen LogP contribution < -0.4 is 16.0 Å². The molecule has 0 aliphatic carbocycles. The molecule has 6 nitrogen and oxygen atoms in total. The lowest BCUT2D eigenvalue weighted by Crippen LogP contribution is -2.57. The van der Waals surface area contributed by atoms with E-state index >= 15 is 0 Å². The van der Waals surface area contributed by atoms with Crippen LogP contribution in [0, 0.1) is 6.92 Å². The zero-order valence-electron chi connectivity index (χ0n) is 11.3. The van der Waals surface area contributed by atoms with Crippen LogP contribution in [0.2, 0.25) is 0 Å². The van der Waals surface area contributed by atoms with E-state index in [4.69, 9.17) is 5.73 Å². The number of carbonyl (C=O) groups excluding carboxylic acids is 1. The Hall–Kier alpha value is -2.21. The number of nitrogens with two attached hydrogens (primary N) is 1. The topological polar surface area (TPSA) is 84.1 Å². The maximum Gasteiger partial charge on any atom is 0.241 e. The predicted octanol–water partition coefficient (Wildman–Crippen LogP) is 0.202. The van der Waals surface area contributed by atoms with Crippen molar-refractivity contribution in [3.8, 4) is 0 Å². The molecule has 3 rings (SSSR count). The molecule has 1 aromatic carbocycles. The summed E-state index contributed by atoms with van der Waals surface area (Å²) in [5.74, 6) is 0.403. The number of aryl methyl sites for hydroxylation is 1. The average Bonchev–Trinajstić information content (AvgIpc) is 2.46. The van der Waals surface area contributed by atoms with Crippen molar-refractivity contribution in [1.29, 1.82) is 0 Å². The van der Waals surface area contributed by atoms with Crippen molar-refractivity contribution >= 4 is 22.8 Å². The lowest BCUT2D eigenvalue weighted by Gasteiger charge is -2.35. The first-order chi connectivity index (χ1) is 9.66. The van der Waals surface area contributed by atoms with E-state index in [-0.39, 0.29) is 11.9 Å². The van der Waals surface area contributed by atoms with Gasteiger partial charge in [-0.2, -0.15) is 0 Å². The lowest BCUT2D eigenvalue weighted by atomic mass is 10.1. The van der Waals surface area contributed by atoms with E-state index in [2.05, 4.69) is 15.3 Å². The molecule has 1 atom stereocenters. The van der Waals surface area contributed by atoms with Crippen molar-refractivity contribution in [2.24, 2.45) is 5.73 Å². The van der Waals surface area contributed by atoms with Gasteiger partial charge in [0, 0.05) is 19.6 Å². The van der Waals surface area contributed by atoms with Crippen molar-refractivity contribution in [2.45, 2.75) is 13.0 Å². The maximum atomic E-state index is 11.6. The number of para-hydroxylation sites is 2.